The Morgan fingerprint density at radius 3 is 2.60 bits per heavy atom. The predicted octanol–water partition coefficient (Wildman–Crippen LogP) is -0.715. The van der Waals surface area contributed by atoms with E-state index >= 15 is 0 Å². The lowest BCUT2D eigenvalue weighted by Crippen LogP contribution is -2.47. The average molecular weight is 213 g/mol. The second-order valence-electron chi connectivity index (χ2n) is 3.99. The summed E-state index contributed by atoms with van der Waals surface area (Å²) in [6.45, 7) is 3.99. The molecule has 1 aliphatic heterocycles. The maximum Gasteiger partial charge on any atom is 0.312 e. The van der Waals surface area contributed by atoms with Gasteiger partial charge in [-0.2, -0.15) is 0 Å². The van der Waals surface area contributed by atoms with Gasteiger partial charge in [0, 0.05) is 32.7 Å². The third-order valence-corrected chi connectivity index (χ3v) is 2.71. The number of amides is 2. The largest absolute Gasteiger partial charge is 0.337 e. The van der Waals surface area contributed by atoms with Crippen molar-refractivity contribution in [3.8, 4) is 0 Å². The van der Waals surface area contributed by atoms with E-state index in [-0.39, 0.29) is 11.9 Å². The van der Waals surface area contributed by atoms with Crippen molar-refractivity contribution in [1.82, 2.24) is 15.1 Å². The van der Waals surface area contributed by atoms with Crippen molar-refractivity contribution in [1.29, 1.82) is 0 Å². The van der Waals surface area contributed by atoms with E-state index < -0.39 is 5.91 Å². The van der Waals surface area contributed by atoms with Crippen molar-refractivity contribution < 1.29 is 9.59 Å². The van der Waals surface area contributed by atoms with Crippen molar-refractivity contribution in [3.05, 3.63) is 0 Å². The minimum absolute atomic E-state index is 0.0675. The summed E-state index contributed by atoms with van der Waals surface area (Å²) in [7, 11) is 3.51. The van der Waals surface area contributed by atoms with Crippen LogP contribution in [0.2, 0.25) is 0 Å². The highest BCUT2D eigenvalue weighted by atomic mass is 16.2. The molecule has 1 atom stereocenters. The summed E-state index contributed by atoms with van der Waals surface area (Å²) >= 11 is 0. The lowest BCUT2D eigenvalue weighted by molar-refractivity contribution is -0.150. The number of carbonyl (C=O) groups excluding carboxylic acids is 2. The van der Waals surface area contributed by atoms with E-state index in [1.165, 1.54) is 4.90 Å². The zero-order chi connectivity index (χ0) is 11.4. The maximum absolute atomic E-state index is 11.8. The average Bonchev–Trinajstić information content (AvgIpc) is 2.32. The van der Waals surface area contributed by atoms with Crippen LogP contribution in [-0.2, 0) is 9.59 Å². The molecule has 1 saturated heterocycles. The standard InChI is InChI=1S/C10H19N3O2/c1-8(7-11-2)13-6-4-5-12(3)9(14)10(13)15/h8,11H,4-7H2,1-3H3. The van der Waals surface area contributed by atoms with Crippen molar-refractivity contribution in [2.75, 3.05) is 33.7 Å². The zero-order valence-electron chi connectivity index (χ0n) is 9.62. The number of hydrogen-bond acceptors (Lipinski definition) is 3. The molecule has 1 unspecified atom stereocenters. The third kappa shape index (κ3) is 2.68. The van der Waals surface area contributed by atoms with Crippen LogP contribution in [0.5, 0.6) is 0 Å². The Hall–Kier alpha value is -1.10. The van der Waals surface area contributed by atoms with Crippen LogP contribution >= 0.6 is 0 Å². The molecule has 0 aromatic heterocycles. The van der Waals surface area contributed by atoms with E-state index in [4.69, 9.17) is 0 Å². The fraction of sp³-hybridized carbons (Fsp3) is 0.800. The van der Waals surface area contributed by atoms with Crippen molar-refractivity contribution >= 4 is 11.8 Å². The molecule has 86 valence electrons. The zero-order valence-corrected chi connectivity index (χ0v) is 9.62. The lowest BCUT2D eigenvalue weighted by Gasteiger charge is -2.26. The van der Waals surface area contributed by atoms with E-state index in [1.54, 1.807) is 11.9 Å². The van der Waals surface area contributed by atoms with Gasteiger partial charge in [0.25, 0.3) is 0 Å². The first kappa shape index (κ1) is 12.0. The molecule has 2 amide bonds. The van der Waals surface area contributed by atoms with Gasteiger partial charge in [-0.1, -0.05) is 0 Å². The molecule has 0 spiro atoms. The molecule has 1 heterocycles. The van der Waals surface area contributed by atoms with Crippen LogP contribution in [0.1, 0.15) is 13.3 Å². The summed E-state index contributed by atoms with van der Waals surface area (Å²) in [4.78, 5) is 26.5. The molecule has 0 aliphatic carbocycles. The molecule has 0 saturated carbocycles. The van der Waals surface area contributed by atoms with Crippen LogP contribution < -0.4 is 5.32 Å². The maximum atomic E-state index is 11.8. The number of nitrogens with one attached hydrogen (secondary N) is 1. The van der Waals surface area contributed by atoms with Gasteiger partial charge in [0.2, 0.25) is 0 Å². The van der Waals surface area contributed by atoms with E-state index in [0.29, 0.717) is 19.6 Å². The van der Waals surface area contributed by atoms with E-state index in [0.717, 1.165) is 6.42 Å². The van der Waals surface area contributed by atoms with Crippen LogP contribution in [0, 0.1) is 0 Å². The Morgan fingerprint density at radius 1 is 1.33 bits per heavy atom. The first-order chi connectivity index (χ1) is 7.07. The van der Waals surface area contributed by atoms with Gasteiger partial charge in [-0.05, 0) is 20.4 Å². The summed E-state index contributed by atoms with van der Waals surface area (Å²) in [5.41, 5.74) is 0. The molecule has 0 aromatic carbocycles. The van der Waals surface area contributed by atoms with Gasteiger partial charge in [0.05, 0.1) is 0 Å². The summed E-state index contributed by atoms with van der Waals surface area (Å²) in [6, 6.07) is 0.0675. The Morgan fingerprint density at radius 2 is 2.00 bits per heavy atom. The molecular formula is C10H19N3O2. The summed E-state index contributed by atoms with van der Waals surface area (Å²) in [5, 5.41) is 3.01. The molecule has 0 bridgehead atoms. The monoisotopic (exact) mass is 213 g/mol. The van der Waals surface area contributed by atoms with Crippen LogP contribution in [0.15, 0.2) is 0 Å². The van der Waals surface area contributed by atoms with Gasteiger partial charge in [0.15, 0.2) is 0 Å². The molecule has 0 radical (unpaired) electrons. The highest BCUT2D eigenvalue weighted by Crippen LogP contribution is 2.07. The quantitative estimate of drug-likeness (QED) is 0.630. The number of nitrogens with zero attached hydrogens (tertiary/aromatic N) is 2. The van der Waals surface area contributed by atoms with Gasteiger partial charge in [-0.15, -0.1) is 0 Å². The number of likely N-dealkylation sites (N-methyl/N-ethyl adjacent to an activating group) is 2. The molecule has 15 heavy (non-hydrogen) atoms. The van der Waals surface area contributed by atoms with Crippen molar-refractivity contribution in [2.24, 2.45) is 0 Å². The topological polar surface area (TPSA) is 52.6 Å². The Balaban J connectivity index is 2.72. The molecule has 5 heteroatoms. The molecule has 0 aromatic rings. The van der Waals surface area contributed by atoms with Gasteiger partial charge in [0.1, 0.15) is 0 Å². The highest BCUT2D eigenvalue weighted by Gasteiger charge is 2.30. The lowest BCUT2D eigenvalue weighted by atomic mass is 10.2. The summed E-state index contributed by atoms with van der Waals surface area (Å²) in [5.74, 6) is -0.770. The van der Waals surface area contributed by atoms with Gasteiger partial charge < -0.3 is 15.1 Å². The fourth-order valence-electron chi connectivity index (χ4n) is 1.79. The first-order valence-corrected chi connectivity index (χ1v) is 5.28. The van der Waals surface area contributed by atoms with Crippen LogP contribution in [0.4, 0.5) is 0 Å². The third-order valence-electron chi connectivity index (χ3n) is 2.71. The molecule has 1 N–H and O–H groups in total. The molecule has 5 nitrogen and oxygen atoms in total. The van der Waals surface area contributed by atoms with Gasteiger partial charge in [-0.3, -0.25) is 9.59 Å². The van der Waals surface area contributed by atoms with Crippen LogP contribution in [-0.4, -0.2) is 61.4 Å². The molecule has 1 rings (SSSR count). The number of hydrogen-bond donors (Lipinski definition) is 1. The van der Waals surface area contributed by atoms with E-state index in [1.807, 2.05) is 14.0 Å². The molecule has 1 fully saturated rings. The predicted molar refractivity (Wildman–Crippen MR) is 57.4 cm³/mol. The Labute approximate surface area is 90.4 Å². The Kier molecular flexibility index (Phi) is 4.08. The van der Waals surface area contributed by atoms with Crippen molar-refractivity contribution in [2.45, 2.75) is 19.4 Å². The second-order valence-corrected chi connectivity index (χ2v) is 3.99. The summed E-state index contributed by atoms with van der Waals surface area (Å²) < 4.78 is 0. The van der Waals surface area contributed by atoms with Gasteiger partial charge in [-0.25, -0.2) is 0 Å². The molecular weight excluding hydrogens is 194 g/mol. The number of carbonyl (C=O) groups is 2. The summed E-state index contributed by atoms with van der Waals surface area (Å²) in [6.07, 6.45) is 0.849. The highest BCUT2D eigenvalue weighted by molar-refractivity contribution is 6.35. The minimum atomic E-state index is -0.393. The van der Waals surface area contributed by atoms with E-state index in [9.17, 15) is 9.59 Å². The fourth-order valence-corrected chi connectivity index (χ4v) is 1.79. The second kappa shape index (κ2) is 5.11. The van der Waals surface area contributed by atoms with Gasteiger partial charge >= 0.3 is 11.8 Å². The van der Waals surface area contributed by atoms with Crippen molar-refractivity contribution in [3.63, 3.8) is 0 Å². The smallest absolute Gasteiger partial charge is 0.312 e. The van der Waals surface area contributed by atoms with Crippen LogP contribution in [0.3, 0.4) is 0 Å². The minimum Gasteiger partial charge on any atom is -0.337 e. The first-order valence-electron chi connectivity index (χ1n) is 5.28. The Bertz CT molecular complexity index is 255. The van der Waals surface area contributed by atoms with E-state index in [2.05, 4.69) is 5.32 Å². The SMILES string of the molecule is CNCC(C)N1CCCN(C)C(=O)C1=O. The number of rotatable bonds is 3. The normalized spacial score (nSPS) is 20.5. The molecule has 1 aliphatic rings. The van der Waals surface area contributed by atoms with Crippen LogP contribution in [0.25, 0.3) is 0 Å².